The molecule has 0 aliphatic heterocycles. The van der Waals surface area contributed by atoms with Gasteiger partial charge in [-0.3, -0.25) is 9.80 Å². The third kappa shape index (κ3) is 14.3. The minimum absolute atomic E-state index is 0.128. The van der Waals surface area contributed by atoms with Crippen molar-refractivity contribution >= 4 is 11.6 Å². The quantitative estimate of drug-likeness (QED) is 0.0832. The van der Waals surface area contributed by atoms with Gasteiger partial charge >= 0.3 is 0 Å². The molecule has 1 rings (SSSR count). The molecule has 214 valence electrons. The summed E-state index contributed by atoms with van der Waals surface area (Å²) >= 11 is 0. The number of hydrogen-bond acceptors (Lipinski definition) is 6. The minimum atomic E-state index is -3.07. The number of nitrogens with one attached hydrogen (secondary N) is 1. The number of aliphatic hydroxyl groups excluding tert-OH is 2. The molecule has 0 saturated carbocycles. The smallest absolute Gasteiger partial charge is 0.282 e. The first-order valence-electron chi connectivity index (χ1n) is 11.4. The van der Waals surface area contributed by atoms with Crippen molar-refractivity contribution in [1.29, 1.82) is 0 Å². The third-order valence-electron chi connectivity index (χ3n) is 4.41. The lowest BCUT2D eigenvalue weighted by Crippen LogP contribution is -2.38. The standard InChI is InChI=1S/C25H31F4N3O2.2CH4O/c1-7-9-19(13-12-16(2)3)18(5)30-25(33)17(4)22(24(28)29)31-32(6)15-34-21-11-8-10-20(14-21)23(26)27;2*1-2/h7-14,18,23-24H,4,15H2,1-3,5-6H3,(H,30,33);2*2H,1H3/b9-7-,19-13+,31-22+;;. The van der Waals surface area contributed by atoms with Crippen molar-refractivity contribution in [2.45, 2.75) is 46.6 Å². The maximum absolute atomic E-state index is 13.6. The van der Waals surface area contributed by atoms with Crippen molar-refractivity contribution in [3.8, 4) is 5.75 Å². The molecule has 0 aromatic heterocycles. The number of carbonyl (C=O) groups excluding carboxylic acids is 1. The highest BCUT2D eigenvalue weighted by Gasteiger charge is 2.24. The van der Waals surface area contributed by atoms with Crippen molar-refractivity contribution in [2.75, 3.05) is 28.0 Å². The summed E-state index contributed by atoms with van der Waals surface area (Å²) in [6, 6.07) is 4.77. The maximum Gasteiger partial charge on any atom is 0.282 e. The first kappa shape index (κ1) is 36.7. The van der Waals surface area contributed by atoms with Crippen LogP contribution in [0.5, 0.6) is 5.75 Å². The van der Waals surface area contributed by atoms with Gasteiger partial charge in [0.25, 0.3) is 18.8 Å². The molecule has 3 N–H and O–H groups in total. The van der Waals surface area contributed by atoms with Crippen molar-refractivity contribution in [3.05, 3.63) is 77.4 Å². The van der Waals surface area contributed by atoms with Crippen LogP contribution >= 0.6 is 0 Å². The largest absolute Gasteiger partial charge is 0.472 e. The number of hydrogen-bond donors (Lipinski definition) is 3. The zero-order valence-electron chi connectivity index (χ0n) is 22.9. The van der Waals surface area contributed by atoms with Gasteiger partial charge < -0.3 is 20.3 Å². The molecule has 11 heteroatoms. The van der Waals surface area contributed by atoms with Crippen molar-refractivity contribution < 1.29 is 37.3 Å². The van der Waals surface area contributed by atoms with E-state index >= 15 is 0 Å². The first-order chi connectivity index (χ1) is 18.0. The number of aliphatic hydroxyl groups is 2. The number of nitrogens with zero attached hydrogens (tertiary/aromatic N) is 2. The second kappa shape index (κ2) is 20.6. The predicted octanol–water partition coefficient (Wildman–Crippen LogP) is 5.26. The van der Waals surface area contributed by atoms with Crippen LogP contribution in [0.2, 0.25) is 0 Å². The van der Waals surface area contributed by atoms with Gasteiger partial charge in [-0.05, 0) is 45.4 Å². The number of carbonyl (C=O) groups is 1. The van der Waals surface area contributed by atoms with Gasteiger partial charge in [-0.15, -0.1) is 0 Å². The van der Waals surface area contributed by atoms with Crippen LogP contribution in [0.1, 0.15) is 39.7 Å². The average Bonchev–Trinajstić information content (AvgIpc) is 2.90. The molecule has 1 aromatic rings. The number of alkyl halides is 4. The van der Waals surface area contributed by atoms with Crippen LogP contribution in [0.3, 0.4) is 0 Å². The van der Waals surface area contributed by atoms with E-state index in [9.17, 15) is 22.4 Å². The highest BCUT2D eigenvalue weighted by Crippen LogP contribution is 2.23. The Kier molecular flexibility index (Phi) is 19.9. The predicted molar refractivity (Wildman–Crippen MR) is 143 cm³/mol. The molecule has 1 atom stereocenters. The van der Waals surface area contributed by atoms with Crippen LogP contribution in [0.4, 0.5) is 17.6 Å². The number of halogens is 4. The number of ether oxygens (including phenoxy) is 1. The van der Waals surface area contributed by atoms with Crippen LogP contribution in [0.25, 0.3) is 0 Å². The topological polar surface area (TPSA) is 94.4 Å². The maximum atomic E-state index is 13.6. The van der Waals surface area contributed by atoms with E-state index in [1.807, 2.05) is 39.0 Å². The Hall–Kier alpha value is -3.44. The van der Waals surface area contributed by atoms with E-state index in [4.69, 9.17) is 14.9 Å². The van der Waals surface area contributed by atoms with Crippen LogP contribution in [0, 0.1) is 0 Å². The zero-order valence-corrected chi connectivity index (χ0v) is 22.9. The summed E-state index contributed by atoms with van der Waals surface area (Å²) in [4.78, 5) is 12.6. The average molecular weight is 546 g/mol. The van der Waals surface area contributed by atoms with Gasteiger partial charge in [-0.2, -0.15) is 5.10 Å². The molecule has 0 fully saturated rings. The summed E-state index contributed by atoms with van der Waals surface area (Å²) in [6.07, 6.45) is 1.58. The van der Waals surface area contributed by atoms with Crippen LogP contribution < -0.4 is 10.1 Å². The zero-order chi connectivity index (χ0) is 29.8. The summed E-state index contributed by atoms with van der Waals surface area (Å²) < 4.78 is 58.2. The Labute approximate surface area is 222 Å². The third-order valence-corrected chi connectivity index (χ3v) is 4.41. The fraction of sp³-hybridized carbons (Fsp3) is 0.407. The molecule has 0 bridgehead atoms. The van der Waals surface area contributed by atoms with Crippen LogP contribution in [0.15, 0.2) is 77.0 Å². The number of rotatable bonds is 12. The molecule has 38 heavy (non-hydrogen) atoms. The summed E-state index contributed by atoms with van der Waals surface area (Å²) in [7, 11) is 3.35. The van der Waals surface area contributed by atoms with Crippen molar-refractivity contribution in [1.82, 2.24) is 10.3 Å². The molecule has 7 nitrogen and oxygen atoms in total. The normalized spacial score (nSPS) is 12.2. The summed E-state index contributed by atoms with van der Waals surface area (Å²) in [6.45, 7) is 10.6. The molecule has 1 unspecified atom stereocenters. The van der Waals surface area contributed by atoms with Gasteiger partial charge in [0.15, 0.2) is 6.73 Å². The fourth-order valence-electron chi connectivity index (χ4n) is 2.64. The van der Waals surface area contributed by atoms with Crippen molar-refractivity contribution in [3.63, 3.8) is 0 Å². The monoisotopic (exact) mass is 545 g/mol. The Morgan fingerprint density at radius 2 is 1.76 bits per heavy atom. The van der Waals surface area contributed by atoms with E-state index in [1.54, 1.807) is 13.0 Å². The van der Waals surface area contributed by atoms with E-state index in [2.05, 4.69) is 17.0 Å². The first-order valence-corrected chi connectivity index (χ1v) is 11.4. The number of allylic oxidation sites excluding steroid dienone is 4. The van der Waals surface area contributed by atoms with Crippen molar-refractivity contribution in [2.24, 2.45) is 5.10 Å². The van der Waals surface area contributed by atoms with E-state index in [0.717, 1.165) is 36.4 Å². The van der Waals surface area contributed by atoms with E-state index in [-0.39, 0.29) is 18.0 Å². The Bertz CT molecular complexity index is 973. The Balaban J connectivity index is 0. The Morgan fingerprint density at radius 1 is 1.16 bits per heavy atom. The molecule has 0 aliphatic rings. The molecule has 1 aromatic carbocycles. The molecule has 0 aliphatic carbocycles. The summed E-state index contributed by atoms with van der Waals surface area (Å²) in [5.41, 5.74) is 0.292. The lowest BCUT2D eigenvalue weighted by molar-refractivity contribution is -0.117. The molecule has 0 saturated heterocycles. The molecule has 1 amide bonds. The summed E-state index contributed by atoms with van der Waals surface area (Å²) in [5.74, 6) is -0.665. The number of hydrazone groups is 1. The van der Waals surface area contributed by atoms with Gasteiger partial charge in [-0.1, -0.05) is 48.6 Å². The van der Waals surface area contributed by atoms with Crippen LogP contribution in [-0.4, -0.2) is 67.3 Å². The van der Waals surface area contributed by atoms with Gasteiger partial charge in [0.05, 0.1) is 11.6 Å². The molecular weight excluding hydrogens is 506 g/mol. The highest BCUT2D eigenvalue weighted by molar-refractivity contribution is 6.22. The van der Waals surface area contributed by atoms with Crippen LogP contribution in [-0.2, 0) is 4.79 Å². The SMILES string of the molecule is C=C(C(=O)NC(C)C(/C=C\C)=C/C=C(C)C)/C(=N\N(C)COc1cccc(C(F)F)c1)C(F)F.CO.CO. The summed E-state index contributed by atoms with van der Waals surface area (Å²) in [5, 5.41) is 21.4. The van der Waals surface area contributed by atoms with Gasteiger partial charge in [0.1, 0.15) is 11.5 Å². The Morgan fingerprint density at radius 3 is 2.26 bits per heavy atom. The van der Waals surface area contributed by atoms with Gasteiger partial charge in [0, 0.05) is 26.8 Å². The van der Waals surface area contributed by atoms with Gasteiger partial charge in [0.2, 0.25) is 0 Å². The highest BCUT2D eigenvalue weighted by atomic mass is 19.3. The molecular formula is C27H39F4N3O4. The fourth-order valence-corrected chi connectivity index (χ4v) is 2.64. The minimum Gasteiger partial charge on any atom is -0.472 e. The second-order valence-electron chi connectivity index (χ2n) is 7.67. The van der Waals surface area contributed by atoms with E-state index in [1.165, 1.54) is 25.2 Å². The molecule has 0 radical (unpaired) electrons. The molecule has 0 heterocycles. The van der Waals surface area contributed by atoms with E-state index in [0.29, 0.717) is 0 Å². The number of amides is 1. The van der Waals surface area contributed by atoms with Gasteiger partial charge in [-0.25, -0.2) is 17.6 Å². The number of benzene rings is 1. The molecule has 0 spiro atoms. The van der Waals surface area contributed by atoms with E-state index < -0.39 is 36.1 Å². The second-order valence-corrected chi connectivity index (χ2v) is 7.67. The lowest BCUT2D eigenvalue weighted by Gasteiger charge is -2.19. The lowest BCUT2D eigenvalue weighted by atomic mass is 10.1.